The van der Waals surface area contributed by atoms with Crippen LogP contribution in [0.25, 0.3) is 0 Å². The van der Waals surface area contributed by atoms with Gasteiger partial charge >= 0.3 is 6.09 Å². The zero-order valence-corrected chi connectivity index (χ0v) is 23.4. The highest BCUT2D eigenvalue weighted by Crippen LogP contribution is 2.31. The Kier molecular flexibility index (Phi) is 8.42. The number of aromatic nitrogens is 2. The molecule has 0 spiro atoms. The lowest BCUT2D eigenvalue weighted by Crippen LogP contribution is -2.57. The number of carbonyl (C=O) groups excluding carboxylic acids is 2. The number of nitrogens with one attached hydrogen (secondary N) is 4. The Balaban J connectivity index is 1.40. The van der Waals surface area contributed by atoms with Crippen LogP contribution in [-0.4, -0.2) is 58.7 Å². The van der Waals surface area contributed by atoms with Gasteiger partial charge in [-0.2, -0.15) is 4.98 Å². The lowest BCUT2D eigenvalue weighted by Gasteiger charge is -2.40. The van der Waals surface area contributed by atoms with Gasteiger partial charge in [0.1, 0.15) is 17.2 Å². The van der Waals surface area contributed by atoms with Crippen molar-refractivity contribution in [1.82, 2.24) is 14.9 Å². The van der Waals surface area contributed by atoms with E-state index < -0.39 is 5.60 Å². The van der Waals surface area contributed by atoms with Crippen molar-refractivity contribution in [2.75, 3.05) is 41.5 Å². The van der Waals surface area contributed by atoms with Gasteiger partial charge in [0.15, 0.2) is 0 Å². The Bertz CT molecular complexity index is 1400. The Morgan fingerprint density at radius 3 is 2.52 bits per heavy atom. The van der Waals surface area contributed by atoms with Crippen LogP contribution in [0.4, 0.5) is 39.3 Å². The molecule has 1 aromatic heterocycles. The first-order chi connectivity index (χ1) is 19.0. The van der Waals surface area contributed by atoms with Crippen LogP contribution in [0.3, 0.4) is 0 Å². The molecule has 1 aliphatic rings. The van der Waals surface area contributed by atoms with Crippen molar-refractivity contribution in [3.05, 3.63) is 66.9 Å². The molecule has 1 aliphatic heterocycles. The highest BCUT2D eigenvalue weighted by Gasteiger charge is 2.33. The third-order valence-electron chi connectivity index (χ3n) is 5.90. The van der Waals surface area contributed by atoms with Crippen molar-refractivity contribution in [3.8, 4) is 5.75 Å². The van der Waals surface area contributed by atoms with Gasteiger partial charge in [0.25, 0.3) is 0 Å². The van der Waals surface area contributed by atoms with Gasteiger partial charge in [-0.1, -0.05) is 12.6 Å². The van der Waals surface area contributed by atoms with Crippen LogP contribution in [0.2, 0.25) is 0 Å². The van der Waals surface area contributed by atoms with Gasteiger partial charge < -0.3 is 35.6 Å². The molecule has 0 bridgehead atoms. The molecule has 11 heteroatoms. The third kappa shape index (κ3) is 7.40. The fourth-order valence-corrected chi connectivity index (χ4v) is 3.92. The van der Waals surface area contributed by atoms with Crippen molar-refractivity contribution >= 4 is 46.5 Å². The highest BCUT2D eigenvalue weighted by molar-refractivity contribution is 5.99. The van der Waals surface area contributed by atoms with E-state index in [2.05, 4.69) is 37.8 Å². The van der Waals surface area contributed by atoms with Crippen molar-refractivity contribution in [2.45, 2.75) is 39.3 Å². The van der Waals surface area contributed by atoms with E-state index in [-0.39, 0.29) is 18.0 Å². The van der Waals surface area contributed by atoms with E-state index >= 15 is 0 Å². The quantitative estimate of drug-likeness (QED) is 0.260. The lowest BCUT2D eigenvalue weighted by atomic mass is 10.1. The summed E-state index contributed by atoms with van der Waals surface area (Å²) in [5.74, 6) is 1.32. The van der Waals surface area contributed by atoms with E-state index in [1.165, 1.54) is 6.08 Å². The number of benzene rings is 2. The van der Waals surface area contributed by atoms with E-state index in [9.17, 15) is 9.59 Å². The summed E-state index contributed by atoms with van der Waals surface area (Å²) in [4.78, 5) is 34.5. The van der Waals surface area contributed by atoms with Gasteiger partial charge in [-0.05, 0) is 64.1 Å². The SMILES string of the molecule is C=CC(=O)Nc1cccc(Nc2nc(Nc3ccc(NC4CN(C(=O)OC(C)(C)C)C4)cc3OC)ncc2C)c1. The molecule has 2 amide bonds. The van der Waals surface area contributed by atoms with E-state index in [0.717, 1.165) is 16.9 Å². The van der Waals surface area contributed by atoms with E-state index in [1.807, 2.05) is 58.0 Å². The number of ether oxygens (including phenoxy) is 2. The van der Waals surface area contributed by atoms with E-state index in [4.69, 9.17) is 9.47 Å². The van der Waals surface area contributed by atoms with Gasteiger partial charge in [-0.25, -0.2) is 9.78 Å². The minimum Gasteiger partial charge on any atom is -0.494 e. The summed E-state index contributed by atoms with van der Waals surface area (Å²) in [7, 11) is 1.60. The molecular weight excluding hydrogens is 510 g/mol. The molecule has 40 heavy (non-hydrogen) atoms. The average molecular weight is 546 g/mol. The number of hydrogen-bond acceptors (Lipinski definition) is 9. The second kappa shape index (κ2) is 11.9. The smallest absolute Gasteiger partial charge is 0.410 e. The Morgan fingerprint density at radius 2 is 1.82 bits per heavy atom. The maximum absolute atomic E-state index is 12.2. The monoisotopic (exact) mass is 545 g/mol. The zero-order valence-electron chi connectivity index (χ0n) is 23.4. The predicted molar refractivity (Wildman–Crippen MR) is 157 cm³/mol. The Labute approximate surface area is 234 Å². The number of carbonyl (C=O) groups is 2. The van der Waals surface area contributed by atoms with Crippen molar-refractivity contribution < 1.29 is 19.1 Å². The van der Waals surface area contributed by atoms with Crippen LogP contribution in [0.15, 0.2) is 61.3 Å². The third-order valence-corrected chi connectivity index (χ3v) is 5.90. The van der Waals surface area contributed by atoms with Gasteiger partial charge in [0.05, 0.1) is 18.8 Å². The summed E-state index contributed by atoms with van der Waals surface area (Å²) in [5.41, 5.74) is 3.28. The molecule has 1 fully saturated rings. The van der Waals surface area contributed by atoms with Crippen molar-refractivity contribution in [1.29, 1.82) is 0 Å². The summed E-state index contributed by atoms with van der Waals surface area (Å²) >= 11 is 0. The first-order valence-corrected chi connectivity index (χ1v) is 12.9. The minimum absolute atomic E-state index is 0.119. The number of hydrogen-bond donors (Lipinski definition) is 4. The first kappa shape index (κ1) is 28.2. The molecule has 4 N–H and O–H groups in total. The van der Waals surface area contributed by atoms with Gasteiger partial charge in [0, 0.05) is 48.0 Å². The number of rotatable bonds is 9. The lowest BCUT2D eigenvalue weighted by molar-refractivity contribution is -0.111. The molecule has 0 saturated carbocycles. The maximum Gasteiger partial charge on any atom is 0.410 e. The standard InChI is InChI=1S/C29H35N7O4/c1-7-25(37)32-19-9-8-10-20(13-19)33-26-18(2)15-30-27(35-26)34-23-12-11-21(14-24(23)39-6)31-22-16-36(17-22)28(38)40-29(3,4)5/h7-15,22,31H,1,16-17H2,2-6H3,(H,32,37)(H2,30,33,34,35). The molecule has 0 radical (unpaired) electrons. The average Bonchev–Trinajstić information content (AvgIpc) is 2.87. The van der Waals surface area contributed by atoms with Crippen LogP contribution >= 0.6 is 0 Å². The number of amides is 2. The molecule has 2 heterocycles. The molecule has 210 valence electrons. The Morgan fingerprint density at radius 1 is 1.07 bits per heavy atom. The molecule has 0 unspecified atom stereocenters. The molecule has 3 aromatic rings. The topological polar surface area (TPSA) is 130 Å². The second-order valence-corrected chi connectivity index (χ2v) is 10.4. The van der Waals surface area contributed by atoms with Crippen LogP contribution in [-0.2, 0) is 9.53 Å². The molecular formula is C29H35N7O4. The van der Waals surface area contributed by atoms with Gasteiger partial charge in [-0.15, -0.1) is 0 Å². The number of aryl methyl sites for hydroxylation is 1. The molecule has 0 atom stereocenters. The van der Waals surface area contributed by atoms with Crippen LogP contribution in [0.1, 0.15) is 26.3 Å². The number of anilines is 6. The second-order valence-electron chi connectivity index (χ2n) is 10.4. The molecule has 11 nitrogen and oxygen atoms in total. The molecule has 0 aliphatic carbocycles. The summed E-state index contributed by atoms with van der Waals surface area (Å²) in [6, 6.07) is 13.1. The van der Waals surface area contributed by atoms with Gasteiger partial charge in [0.2, 0.25) is 11.9 Å². The fraction of sp³-hybridized carbons (Fsp3) is 0.310. The summed E-state index contributed by atoms with van der Waals surface area (Å²) in [6.45, 7) is 12.1. The first-order valence-electron chi connectivity index (χ1n) is 12.9. The molecule has 1 saturated heterocycles. The van der Waals surface area contributed by atoms with Crippen LogP contribution in [0, 0.1) is 6.92 Å². The summed E-state index contributed by atoms with van der Waals surface area (Å²) < 4.78 is 11.0. The van der Waals surface area contributed by atoms with Gasteiger partial charge in [-0.3, -0.25) is 4.79 Å². The predicted octanol–water partition coefficient (Wildman–Crippen LogP) is 5.44. The minimum atomic E-state index is -0.515. The normalized spacial score (nSPS) is 13.1. The summed E-state index contributed by atoms with van der Waals surface area (Å²) in [5, 5.41) is 12.7. The molecule has 2 aromatic carbocycles. The van der Waals surface area contributed by atoms with E-state index in [0.29, 0.717) is 42.0 Å². The highest BCUT2D eigenvalue weighted by atomic mass is 16.6. The fourth-order valence-electron chi connectivity index (χ4n) is 3.92. The van der Waals surface area contributed by atoms with Crippen molar-refractivity contribution in [3.63, 3.8) is 0 Å². The largest absolute Gasteiger partial charge is 0.494 e. The Hall–Kier alpha value is -4.80. The zero-order chi connectivity index (χ0) is 28.9. The number of nitrogens with zero attached hydrogens (tertiary/aromatic N) is 3. The van der Waals surface area contributed by atoms with Crippen LogP contribution in [0.5, 0.6) is 5.75 Å². The van der Waals surface area contributed by atoms with Crippen LogP contribution < -0.4 is 26.0 Å². The van der Waals surface area contributed by atoms with Crippen molar-refractivity contribution in [2.24, 2.45) is 0 Å². The molecule has 4 rings (SSSR count). The number of likely N-dealkylation sites (tertiary alicyclic amines) is 1. The maximum atomic E-state index is 12.2. The van der Waals surface area contributed by atoms with E-state index in [1.54, 1.807) is 30.3 Å². The number of methoxy groups -OCH3 is 1. The summed E-state index contributed by atoms with van der Waals surface area (Å²) in [6.07, 6.45) is 2.63.